The number of hydrogen-bond donors (Lipinski definition) is 1. The van der Waals surface area contributed by atoms with Crippen molar-refractivity contribution in [2.75, 3.05) is 19.6 Å². The molecule has 5 rings (SSSR count). The molecule has 0 bridgehead atoms. The summed E-state index contributed by atoms with van der Waals surface area (Å²) in [6.45, 7) is 3.87. The number of amides is 1. The van der Waals surface area contributed by atoms with Crippen LogP contribution in [0.2, 0.25) is 0 Å². The smallest absolute Gasteiger partial charge is 0.475 e. The molecule has 1 saturated carbocycles. The Morgan fingerprint density at radius 2 is 1.82 bits per heavy atom. The second kappa shape index (κ2) is 9.42. The molecule has 3 heterocycles. The monoisotopic (exact) mass is 481 g/mol. The summed E-state index contributed by atoms with van der Waals surface area (Å²) >= 11 is 1.72. The van der Waals surface area contributed by atoms with Crippen LogP contribution in [0.3, 0.4) is 0 Å². The highest BCUT2D eigenvalue weighted by atomic mass is 32.1. The lowest BCUT2D eigenvalue weighted by molar-refractivity contribution is -0.192. The van der Waals surface area contributed by atoms with Gasteiger partial charge in [0, 0.05) is 18.1 Å². The Hall–Kier alpha value is -2.46. The molecule has 178 valence electrons. The van der Waals surface area contributed by atoms with Gasteiger partial charge in [-0.3, -0.25) is 9.69 Å². The fourth-order valence-electron chi connectivity index (χ4n) is 4.77. The van der Waals surface area contributed by atoms with Gasteiger partial charge in [-0.2, -0.15) is 13.2 Å². The highest BCUT2D eigenvalue weighted by Crippen LogP contribution is 2.57. The average Bonchev–Trinajstić information content (AvgIpc) is 3.47. The number of carboxylic acids is 1. The molecule has 2 aliphatic heterocycles. The maximum absolute atomic E-state index is 13.2. The molecule has 6 nitrogen and oxygen atoms in total. The van der Waals surface area contributed by atoms with Gasteiger partial charge >= 0.3 is 12.1 Å². The number of benzene rings is 1. The zero-order valence-corrected chi connectivity index (χ0v) is 18.8. The van der Waals surface area contributed by atoms with Gasteiger partial charge in [0.25, 0.3) is 0 Å². The number of β-lactam (4-membered cyclic amide) rings is 1. The van der Waals surface area contributed by atoms with Crippen LogP contribution in [0.25, 0.3) is 0 Å². The van der Waals surface area contributed by atoms with E-state index in [9.17, 15) is 18.0 Å². The van der Waals surface area contributed by atoms with E-state index in [1.54, 1.807) is 11.3 Å². The van der Waals surface area contributed by atoms with Crippen molar-refractivity contribution in [3.8, 4) is 0 Å². The first-order chi connectivity index (χ1) is 15.7. The molecule has 3 fully saturated rings. The maximum atomic E-state index is 13.2. The van der Waals surface area contributed by atoms with E-state index in [-0.39, 0.29) is 11.5 Å². The number of carbonyl (C=O) groups excluding carboxylic acids is 1. The number of likely N-dealkylation sites (tertiary alicyclic amines) is 2. The zero-order chi connectivity index (χ0) is 23.6. The predicted molar refractivity (Wildman–Crippen MR) is 116 cm³/mol. The predicted octanol–water partition coefficient (Wildman–Crippen LogP) is 4.35. The summed E-state index contributed by atoms with van der Waals surface area (Å²) in [6.07, 6.45) is 1.32. The molecule has 2 aromatic rings. The average molecular weight is 482 g/mol. The molecule has 1 aliphatic carbocycles. The first-order valence-corrected chi connectivity index (χ1v) is 11.9. The van der Waals surface area contributed by atoms with Crippen molar-refractivity contribution in [2.45, 2.75) is 44.4 Å². The van der Waals surface area contributed by atoms with Crippen LogP contribution in [-0.2, 0) is 16.1 Å². The Morgan fingerprint density at radius 1 is 1.18 bits per heavy atom. The molecule has 33 heavy (non-hydrogen) atoms. The first-order valence-electron chi connectivity index (χ1n) is 11.0. The summed E-state index contributed by atoms with van der Waals surface area (Å²) in [5, 5.41) is 10.3. The highest BCUT2D eigenvalue weighted by molar-refractivity contribution is 7.09. The lowest BCUT2D eigenvalue weighted by Gasteiger charge is -2.59. The normalized spacial score (nSPS) is 22.5. The molecule has 0 radical (unpaired) electrons. The van der Waals surface area contributed by atoms with Gasteiger partial charge in [0.15, 0.2) is 0 Å². The first kappa shape index (κ1) is 23.7. The van der Waals surface area contributed by atoms with Gasteiger partial charge < -0.3 is 10.0 Å². The van der Waals surface area contributed by atoms with Crippen LogP contribution in [0, 0.1) is 11.3 Å². The van der Waals surface area contributed by atoms with Crippen LogP contribution in [0.1, 0.15) is 42.3 Å². The molecule has 2 saturated heterocycles. The Labute approximate surface area is 194 Å². The number of alkyl halides is 3. The maximum Gasteiger partial charge on any atom is 0.490 e. The van der Waals surface area contributed by atoms with Crippen LogP contribution < -0.4 is 0 Å². The number of rotatable bonds is 5. The van der Waals surface area contributed by atoms with Gasteiger partial charge in [0.05, 0.1) is 18.0 Å². The number of hydrogen-bond acceptors (Lipinski definition) is 5. The molecule has 1 atom stereocenters. The Bertz CT molecular complexity index is 956. The van der Waals surface area contributed by atoms with Gasteiger partial charge in [-0.05, 0) is 50.3 Å². The van der Waals surface area contributed by atoms with Crippen molar-refractivity contribution in [1.82, 2.24) is 14.8 Å². The second-order valence-corrected chi connectivity index (χ2v) is 9.85. The minimum Gasteiger partial charge on any atom is -0.475 e. The van der Waals surface area contributed by atoms with E-state index in [4.69, 9.17) is 9.90 Å². The fraction of sp³-hybridized carbons (Fsp3) is 0.522. The molecule has 1 N–H and O–H groups in total. The lowest BCUT2D eigenvalue weighted by atomic mass is 9.62. The number of carboxylic acid groups (broad SMARTS) is 1. The van der Waals surface area contributed by atoms with E-state index in [0.717, 1.165) is 44.9 Å². The molecule has 1 amide bonds. The highest BCUT2D eigenvalue weighted by Gasteiger charge is 2.61. The van der Waals surface area contributed by atoms with Crippen molar-refractivity contribution in [3.63, 3.8) is 0 Å². The van der Waals surface area contributed by atoms with E-state index in [0.29, 0.717) is 5.91 Å². The van der Waals surface area contributed by atoms with E-state index < -0.39 is 12.1 Å². The second-order valence-electron chi connectivity index (χ2n) is 8.88. The quantitative estimate of drug-likeness (QED) is 0.643. The number of piperidine rings is 1. The Kier molecular flexibility index (Phi) is 6.76. The number of nitrogens with zero attached hydrogens (tertiary/aromatic N) is 3. The molecular weight excluding hydrogens is 455 g/mol. The summed E-state index contributed by atoms with van der Waals surface area (Å²) in [7, 11) is 0. The third kappa shape index (κ3) is 5.22. The largest absolute Gasteiger partial charge is 0.490 e. The Balaban J connectivity index is 0.000000325. The number of halogens is 3. The SMILES string of the molecule is O=C(O)C(F)(F)F.O=C1N(CC2CC2)C(c2ccccc2)C12CCN(Cc1nccs1)CC2. The molecule has 1 aromatic carbocycles. The van der Waals surface area contributed by atoms with Crippen molar-refractivity contribution in [3.05, 3.63) is 52.5 Å². The molecule has 1 spiro atoms. The standard InChI is InChI=1S/C21H25N3OS.C2HF3O2/c25-20-21(8-11-23(12-9-21)15-18-22-10-13-26-18)19(17-4-2-1-3-5-17)24(20)14-16-6-7-16;3-2(4,5)1(6)7/h1-5,10,13,16,19H,6-9,11-12,14-15H2;(H,6,7). The summed E-state index contributed by atoms with van der Waals surface area (Å²) in [6, 6.07) is 11.0. The molecule has 1 unspecified atom stereocenters. The van der Waals surface area contributed by atoms with E-state index in [1.807, 2.05) is 11.6 Å². The minimum atomic E-state index is -5.08. The Morgan fingerprint density at radius 3 is 2.33 bits per heavy atom. The minimum absolute atomic E-state index is 0.171. The van der Waals surface area contributed by atoms with E-state index >= 15 is 0 Å². The topological polar surface area (TPSA) is 73.7 Å². The zero-order valence-electron chi connectivity index (χ0n) is 18.0. The summed E-state index contributed by atoms with van der Waals surface area (Å²) in [5.74, 6) is -1.60. The van der Waals surface area contributed by atoms with E-state index in [1.165, 1.54) is 23.4 Å². The van der Waals surface area contributed by atoms with E-state index in [2.05, 4.69) is 45.1 Å². The third-order valence-corrected chi connectivity index (χ3v) is 7.39. The van der Waals surface area contributed by atoms with Gasteiger partial charge in [-0.15, -0.1) is 11.3 Å². The van der Waals surface area contributed by atoms with Crippen LogP contribution in [0.15, 0.2) is 41.9 Å². The van der Waals surface area contributed by atoms with Gasteiger partial charge in [0.2, 0.25) is 5.91 Å². The van der Waals surface area contributed by atoms with Crippen molar-refractivity contribution >= 4 is 23.2 Å². The molecule has 3 aliphatic rings. The van der Waals surface area contributed by atoms with Gasteiger partial charge in [0.1, 0.15) is 5.01 Å². The van der Waals surface area contributed by atoms with Crippen molar-refractivity contribution in [1.29, 1.82) is 0 Å². The van der Waals surface area contributed by atoms with Crippen LogP contribution in [0.5, 0.6) is 0 Å². The number of carbonyl (C=O) groups is 2. The summed E-state index contributed by atoms with van der Waals surface area (Å²) < 4.78 is 31.7. The molecule has 10 heteroatoms. The van der Waals surface area contributed by atoms with Crippen LogP contribution >= 0.6 is 11.3 Å². The molecule has 1 aromatic heterocycles. The third-order valence-electron chi connectivity index (χ3n) is 6.62. The number of aliphatic carboxylic acids is 1. The summed E-state index contributed by atoms with van der Waals surface area (Å²) in [5.41, 5.74) is 1.15. The van der Waals surface area contributed by atoms with Crippen molar-refractivity contribution < 1.29 is 27.9 Å². The van der Waals surface area contributed by atoms with Gasteiger partial charge in [-0.1, -0.05) is 30.3 Å². The van der Waals surface area contributed by atoms with Crippen molar-refractivity contribution in [2.24, 2.45) is 11.3 Å². The molecular formula is C23H26F3N3O3S. The van der Waals surface area contributed by atoms with Gasteiger partial charge in [-0.25, -0.2) is 9.78 Å². The lowest BCUT2D eigenvalue weighted by Crippen LogP contribution is -2.66. The van der Waals surface area contributed by atoms with Crippen LogP contribution in [0.4, 0.5) is 13.2 Å². The van der Waals surface area contributed by atoms with Crippen LogP contribution in [-0.4, -0.2) is 57.6 Å². The fourth-order valence-corrected chi connectivity index (χ4v) is 5.43. The number of thiazole rings is 1. The summed E-state index contributed by atoms with van der Waals surface area (Å²) in [4.78, 5) is 31.2. The number of aromatic nitrogens is 1.